The monoisotopic (exact) mass is 322 g/mol. The summed E-state index contributed by atoms with van der Waals surface area (Å²) < 4.78 is 7.38. The molecule has 23 heavy (non-hydrogen) atoms. The van der Waals surface area contributed by atoms with Gasteiger partial charge >= 0.3 is 0 Å². The van der Waals surface area contributed by atoms with Crippen LogP contribution in [0.3, 0.4) is 0 Å². The number of rotatable bonds is 8. The third-order valence-electron chi connectivity index (χ3n) is 5.40. The van der Waals surface area contributed by atoms with Crippen LogP contribution in [0.5, 0.6) is 0 Å². The number of methoxy groups -OCH3 is 1. The third kappa shape index (κ3) is 3.43. The van der Waals surface area contributed by atoms with Crippen LogP contribution in [0.15, 0.2) is 12.3 Å². The minimum Gasteiger partial charge on any atom is -0.381 e. The van der Waals surface area contributed by atoms with E-state index in [-0.39, 0.29) is 23.5 Å². The van der Waals surface area contributed by atoms with E-state index in [0.29, 0.717) is 12.2 Å². The number of hydrogen-bond donors (Lipinski definition) is 1. The third-order valence-corrected chi connectivity index (χ3v) is 5.40. The Kier molecular flexibility index (Phi) is 5.81. The number of amides is 1. The van der Waals surface area contributed by atoms with Crippen LogP contribution >= 0.6 is 0 Å². The first kappa shape index (κ1) is 17.9. The number of nitrogens with zero attached hydrogens (tertiary/aromatic N) is 3. The summed E-state index contributed by atoms with van der Waals surface area (Å²) in [7, 11) is 5.79. The summed E-state index contributed by atoms with van der Waals surface area (Å²) in [5.74, 6) is -0.0351. The van der Waals surface area contributed by atoms with Crippen molar-refractivity contribution >= 4 is 5.91 Å². The molecule has 1 saturated carbocycles. The van der Waals surface area contributed by atoms with E-state index in [1.165, 1.54) is 0 Å². The molecule has 2 rings (SSSR count). The van der Waals surface area contributed by atoms with Crippen LogP contribution in [0.1, 0.15) is 43.6 Å². The van der Waals surface area contributed by atoms with Gasteiger partial charge in [-0.1, -0.05) is 13.8 Å². The van der Waals surface area contributed by atoms with Gasteiger partial charge in [-0.05, 0) is 39.4 Å². The van der Waals surface area contributed by atoms with Gasteiger partial charge < -0.3 is 15.0 Å². The van der Waals surface area contributed by atoms with Crippen molar-refractivity contribution in [3.8, 4) is 0 Å². The first-order chi connectivity index (χ1) is 11.0. The number of hydrogen-bond acceptors (Lipinski definition) is 4. The number of likely N-dealkylation sites (N-methyl/N-ethyl adjacent to an activating group) is 1. The summed E-state index contributed by atoms with van der Waals surface area (Å²) in [5, 5.41) is 7.48. The van der Waals surface area contributed by atoms with Crippen LogP contribution in [0.4, 0.5) is 0 Å². The van der Waals surface area contributed by atoms with E-state index in [1.807, 2.05) is 14.1 Å². The molecule has 6 nitrogen and oxygen atoms in total. The minimum absolute atomic E-state index is 0.0351. The number of nitrogens with one attached hydrogen (secondary N) is 1. The van der Waals surface area contributed by atoms with Gasteiger partial charge in [0.05, 0.1) is 12.6 Å². The van der Waals surface area contributed by atoms with E-state index in [9.17, 15) is 4.79 Å². The van der Waals surface area contributed by atoms with Gasteiger partial charge in [-0.25, -0.2) is 0 Å². The van der Waals surface area contributed by atoms with Gasteiger partial charge in [0, 0.05) is 31.3 Å². The molecule has 0 aromatic carbocycles. The van der Waals surface area contributed by atoms with Gasteiger partial charge in [-0.15, -0.1) is 0 Å². The maximum atomic E-state index is 12.7. The average Bonchev–Trinajstić information content (AvgIpc) is 2.98. The van der Waals surface area contributed by atoms with Gasteiger partial charge in [0.2, 0.25) is 0 Å². The second kappa shape index (κ2) is 7.45. The molecule has 0 spiro atoms. The molecule has 0 aliphatic heterocycles. The Morgan fingerprint density at radius 3 is 2.74 bits per heavy atom. The Morgan fingerprint density at radius 2 is 2.17 bits per heavy atom. The van der Waals surface area contributed by atoms with Crippen molar-refractivity contribution in [2.24, 2.45) is 5.41 Å². The van der Waals surface area contributed by atoms with Crippen molar-refractivity contribution in [1.29, 1.82) is 0 Å². The zero-order valence-electron chi connectivity index (χ0n) is 15.0. The fourth-order valence-electron chi connectivity index (χ4n) is 3.71. The van der Waals surface area contributed by atoms with E-state index >= 15 is 0 Å². The molecule has 0 saturated heterocycles. The van der Waals surface area contributed by atoms with Crippen molar-refractivity contribution in [2.75, 3.05) is 27.7 Å². The molecule has 1 aromatic heterocycles. The summed E-state index contributed by atoms with van der Waals surface area (Å²) in [6.45, 7) is 5.91. The van der Waals surface area contributed by atoms with Crippen molar-refractivity contribution in [1.82, 2.24) is 20.0 Å². The predicted molar refractivity (Wildman–Crippen MR) is 90.5 cm³/mol. The second-order valence-electron chi connectivity index (χ2n) is 6.67. The lowest BCUT2D eigenvalue weighted by molar-refractivity contribution is -0.120. The summed E-state index contributed by atoms with van der Waals surface area (Å²) >= 11 is 0. The predicted octanol–water partition coefficient (Wildman–Crippen LogP) is 1.77. The first-order valence-electron chi connectivity index (χ1n) is 8.48. The molecular weight excluding hydrogens is 292 g/mol. The minimum atomic E-state index is -0.0351. The van der Waals surface area contributed by atoms with E-state index < -0.39 is 0 Å². The van der Waals surface area contributed by atoms with E-state index in [4.69, 9.17) is 4.74 Å². The van der Waals surface area contributed by atoms with Crippen molar-refractivity contribution < 1.29 is 9.53 Å². The standard InChI is InChI=1S/C17H30N4O2/c1-6-17(7-2)14(12-15(17)23-5)19-16(22)13-8-9-18-21(13)11-10-20(3)4/h8-9,14-15H,6-7,10-12H2,1-5H3,(H,19,22). The lowest BCUT2D eigenvalue weighted by atomic mass is 9.58. The first-order valence-corrected chi connectivity index (χ1v) is 8.48. The summed E-state index contributed by atoms with van der Waals surface area (Å²) in [6, 6.07) is 1.96. The molecule has 1 amide bonds. The molecule has 0 radical (unpaired) electrons. The van der Waals surface area contributed by atoms with Gasteiger partial charge in [0.25, 0.3) is 5.91 Å². The molecule has 1 N–H and O–H groups in total. The maximum Gasteiger partial charge on any atom is 0.269 e. The SMILES string of the molecule is CCC1(CC)C(NC(=O)c2ccnn2CCN(C)C)CC1OC. The smallest absolute Gasteiger partial charge is 0.269 e. The molecule has 1 aliphatic carbocycles. The zero-order chi connectivity index (χ0) is 17.0. The molecular formula is C17H30N4O2. The lowest BCUT2D eigenvalue weighted by Crippen LogP contribution is -2.64. The molecule has 1 aromatic rings. The zero-order valence-corrected chi connectivity index (χ0v) is 15.0. The van der Waals surface area contributed by atoms with Crippen LogP contribution < -0.4 is 5.32 Å². The van der Waals surface area contributed by atoms with Crippen molar-refractivity contribution in [3.05, 3.63) is 18.0 Å². The van der Waals surface area contributed by atoms with Crippen LogP contribution in [-0.2, 0) is 11.3 Å². The molecule has 0 bridgehead atoms. The van der Waals surface area contributed by atoms with Gasteiger partial charge in [-0.2, -0.15) is 5.10 Å². The van der Waals surface area contributed by atoms with Gasteiger partial charge in [-0.3, -0.25) is 9.48 Å². The summed E-state index contributed by atoms with van der Waals surface area (Å²) in [4.78, 5) is 14.7. The second-order valence-corrected chi connectivity index (χ2v) is 6.67. The van der Waals surface area contributed by atoms with Crippen LogP contribution in [0.2, 0.25) is 0 Å². The molecule has 2 atom stereocenters. The Morgan fingerprint density at radius 1 is 1.48 bits per heavy atom. The van der Waals surface area contributed by atoms with Crippen LogP contribution in [-0.4, -0.2) is 60.5 Å². The fraction of sp³-hybridized carbons (Fsp3) is 0.765. The van der Waals surface area contributed by atoms with E-state index in [2.05, 4.69) is 29.2 Å². The Hall–Kier alpha value is -1.40. The highest BCUT2D eigenvalue weighted by molar-refractivity contribution is 5.92. The molecule has 130 valence electrons. The molecule has 1 aliphatic rings. The largest absolute Gasteiger partial charge is 0.381 e. The van der Waals surface area contributed by atoms with Crippen LogP contribution in [0, 0.1) is 5.41 Å². The molecule has 1 heterocycles. The van der Waals surface area contributed by atoms with E-state index in [0.717, 1.165) is 25.8 Å². The Bertz CT molecular complexity index is 522. The molecule has 6 heteroatoms. The molecule has 1 fully saturated rings. The highest BCUT2D eigenvalue weighted by Crippen LogP contribution is 2.48. The lowest BCUT2D eigenvalue weighted by Gasteiger charge is -2.55. The van der Waals surface area contributed by atoms with Gasteiger partial charge in [0.1, 0.15) is 5.69 Å². The quantitative estimate of drug-likeness (QED) is 0.792. The number of carbonyl (C=O) groups excluding carboxylic acids is 1. The maximum absolute atomic E-state index is 12.7. The fourth-order valence-corrected chi connectivity index (χ4v) is 3.71. The summed E-state index contributed by atoms with van der Waals surface area (Å²) in [5.41, 5.74) is 0.688. The Labute approximate surface area is 139 Å². The van der Waals surface area contributed by atoms with Crippen molar-refractivity contribution in [2.45, 2.75) is 51.8 Å². The van der Waals surface area contributed by atoms with Crippen LogP contribution in [0.25, 0.3) is 0 Å². The highest BCUT2D eigenvalue weighted by atomic mass is 16.5. The average molecular weight is 322 g/mol. The van der Waals surface area contributed by atoms with E-state index in [1.54, 1.807) is 24.1 Å². The highest BCUT2D eigenvalue weighted by Gasteiger charge is 2.53. The number of ether oxygens (including phenoxy) is 1. The van der Waals surface area contributed by atoms with Crippen molar-refractivity contribution in [3.63, 3.8) is 0 Å². The Balaban J connectivity index is 2.04. The normalized spacial score (nSPS) is 22.9. The number of aromatic nitrogens is 2. The topological polar surface area (TPSA) is 59.4 Å². The van der Waals surface area contributed by atoms with Gasteiger partial charge in [0.15, 0.2) is 0 Å². The molecule has 2 unspecified atom stereocenters. The summed E-state index contributed by atoms with van der Waals surface area (Å²) in [6.07, 6.45) is 4.83. The number of carbonyl (C=O) groups is 1.